The van der Waals surface area contributed by atoms with E-state index in [-0.39, 0.29) is 23.3 Å². The Hall–Kier alpha value is -1.45. The summed E-state index contributed by atoms with van der Waals surface area (Å²) >= 11 is 0. The van der Waals surface area contributed by atoms with Crippen LogP contribution in [0.25, 0.3) is 0 Å². The Kier molecular flexibility index (Phi) is 5.27. The number of piperidine rings is 1. The number of sulfonamides is 1. The molecule has 2 aliphatic heterocycles. The number of aromatic nitrogens is 1. The molecule has 2 unspecified atom stereocenters. The number of hydrogen-bond donors (Lipinski definition) is 1. The summed E-state index contributed by atoms with van der Waals surface area (Å²) in [7, 11) is -3.25. The molecule has 1 aromatic rings. The van der Waals surface area contributed by atoms with Gasteiger partial charge in [-0.15, -0.1) is 0 Å². The van der Waals surface area contributed by atoms with Crippen LogP contribution >= 0.6 is 0 Å². The molecule has 6 aliphatic rings. The smallest absolute Gasteiger partial charge is 0.273 e. The van der Waals surface area contributed by atoms with Crippen LogP contribution in [0.2, 0.25) is 0 Å². The zero-order valence-electron chi connectivity index (χ0n) is 21.6. The van der Waals surface area contributed by atoms with Crippen LogP contribution in [0.1, 0.15) is 87.4 Å². The van der Waals surface area contributed by atoms with E-state index in [1.165, 1.54) is 0 Å². The van der Waals surface area contributed by atoms with Crippen molar-refractivity contribution < 1.29 is 17.7 Å². The first kappa shape index (κ1) is 23.7. The summed E-state index contributed by atoms with van der Waals surface area (Å²) in [6, 6.07) is 1.89. The lowest BCUT2D eigenvalue weighted by Gasteiger charge is -2.71. The molecule has 9 heteroatoms. The molecule has 4 saturated carbocycles. The van der Waals surface area contributed by atoms with Gasteiger partial charge in [-0.05, 0) is 88.1 Å². The van der Waals surface area contributed by atoms with Crippen molar-refractivity contribution in [1.29, 1.82) is 0 Å². The summed E-state index contributed by atoms with van der Waals surface area (Å²) in [6.07, 6.45) is 7.78. The van der Waals surface area contributed by atoms with Crippen molar-refractivity contribution in [1.82, 2.24) is 19.7 Å². The van der Waals surface area contributed by atoms with Gasteiger partial charge in [-0.2, -0.15) is 0 Å². The molecule has 0 bridgehead atoms. The topological polar surface area (TPSA) is 95.8 Å². The Morgan fingerprint density at radius 1 is 1.17 bits per heavy atom. The van der Waals surface area contributed by atoms with Crippen LogP contribution < -0.4 is 5.32 Å². The quantitative estimate of drug-likeness (QED) is 0.598. The molecule has 198 valence electrons. The number of carbonyl (C=O) groups is 1. The molecule has 0 radical (unpaired) electrons. The van der Waals surface area contributed by atoms with Gasteiger partial charge >= 0.3 is 0 Å². The molecule has 7 rings (SSSR count). The van der Waals surface area contributed by atoms with E-state index in [1.807, 2.05) is 4.31 Å². The normalized spacial score (nSPS) is 37.6. The van der Waals surface area contributed by atoms with Crippen molar-refractivity contribution in [2.75, 3.05) is 32.7 Å². The zero-order chi connectivity index (χ0) is 24.9. The molecule has 8 nitrogen and oxygen atoms in total. The second kappa shape index (κ2) is 8.03. The van der Waals surface area contributed by atoms with Crippen LogP contribution in [0.5, 0.6) is 0 Å². The number of rotatable bonds is 7. The standard InChI is InChI=1S/C27H40N4O4S/c1-17(2)14-30-7-5-26(6-8-30)15-31(16-26)36(33,34)27-12-19-9-21(10-20(13-27)24(19)27)28-25(32)22-11-23(35-29-22)18-3-4-18/h11,17-21,24H,3-10,12-16H2,1-2H3,(H,28,32)/t19-,20+,21-,24?,27?. The van der Waals surface area contributed by atoms with Gasteiger partial charge in [0, 0.05) is 43.1 Å². The summed E-state index contributed by atoms with van der Waals surface area (Å²) in [5.41, 5.74) is 0.589. The monoisotopic (exact) mass is 516 g/mol. The van der Waals surface area contributed by atoms with Crippen LogP contribution in [-0.2, 0) is 10.0 Å². The largest absolute Gasteiger partial charge is 0.360 e. The minimum Gasteiger partial charge on any atom is -0.360 e. The third kappa shape index (κ3) is 3.55. The lowest BCUT2D eigenvalue weighted by atomic mass is 9.42. The fourth-order valence-electron chi connectivity index (χ4n) is 8.59. The first-order valence-corrected chi connectivity index (χ1v) is 15.6. The maximum absolute atomic E-state index is 13.8. The van der Waals surface area contributed by atoms with Crippen LogP contribution in [-0.4, -0.2) is 72.2 Å². The molecule has 5 atom stereocenters. The van der Waals surface area contributed by atoms with Gasteiger partial charge in [-0.25, -0.2) is 12.7 Å². The lowest BCUT2D eigenvalue weighted by Crippen LogP contribution is -2.77. The minimum atomic E-state index is -3.25. The Balaban J connectivity index is 0.935. The summed E-state index contributed by atoms with van der Waals surface area (Å²) in [4.78, 5) is 15.3. The van der Waals surface area contributed by atoms with Crippen LogP contribution in [0.3, 0.4) is 0 Å². The van der Waals surface area contributed by atoms with E-state index in [9.17, 15) is 13.2 Å². The first-order chi connectivity index (χ1) is 17.2. The SMILES string of the molecule is CC(C)CN1CCC2(CC1)CN(S(=O)(=O)C13C[C@H]4C[C@@H](NC(=O)c5cc(C6CC6)on5)C[C@@H](C1)C43)C2. The number of likely N-dealkylation sites (tertiary alicyclic amines) is 1. The van der Waals surface area contributed by atoms with E-state index in [0.717, 1.165) is 89.9 Å². The van der Waals surface area contributed by atoms with Gasteiger partial charge in [0.05, 0.1) is 4.75 Å². The number of carbonyl (C=O) groups excluding carboxylic acids is 1. The highest BCUT2D eigenvalue weighted by atomic mass is 32.2. The Morgan fingerprint density at radius 2 is 1.83 bits per heavy atom. The molecule has 3 heterocycles. The maximum Gasteiger partial charge on any atom is 0.273 e. The molecule has 0 aromatic carbocycles. The van der Waals surface area contributed by atoms with Gasteiger partial charge in [-0.3, -0.25) is 4.79 Å². The van der Waals surface area contributed by atoms with Crippen LogP contribution in [0.4, 0.5) is 0 Å². The van der Waals surface area contributed by atoms with Gasteiger partial charge in [0.15, 0.2) is 5.69 Å². The van der Waals surface area contributed by atoms with Gasteiger partial charge in [0.2, 0.25) is 10.0 Å². The fourth-order valence-corrected chi connectivity index (χ4v) is 11.6. The Morgan fingerprint density at radius 3 is 2.44 bits per heavy atom. The van der Waals surface area contributed by atoms with E-state index in [1.54, 1.807) is 6.07 Å². The highest BCUT2D eigenvalue weighted by molar-refractivity contribution is 7.90. The van der Waals surface area contributed by atoms with Crippen molar-refractivity contribution in [3.63, 3.8) is 0 Å². The molecule has 2 saturated heterocycles. The summed E-state index contributed by atoms with van der Waals surface area (Å²) in [5, 5.41) is 7.15. The van der Waals surface area contributed by atoms with Crippen LogP contribution in [0, 0.1) is 29.1 Å². The summed E-state index contributed by atoms with van der Waals surface area (Å²) in [5.74, 6) is 2.89. The van der Waals surface area contributed by atoms with Gasteiger partial charge in [0.1, 0.15) is 5.76 Å². The first-order valence-electron chi connectivity index (χ1n) is 14.2. The van der Waals surface area contributed by atoms with E-state index in [0.29, 0.717) is 29.4 Å². The van der Waals surface area contributed by atoms with E-state index in [4.69, 9.17) is 4.52 Å². The Labute approximate surface area is 214 Å². The zero-order valence-corrected chi connectivity index (χ0v) is 22.4. The number of amides is 1. The maximum atomic E-state index is 13.8. The van der Waals surface area contributed by atoms with E-state index >= 15 is 0 Å². The second-order valence-electron chi connectivity index (χ2n) is 13.5. The molecule has 1 spiro atoms. The average molecular weight is 517 g/mol. The lowest BCUT2D eigenvalue weighted by molar-refractivity contribution is -0.112. The van der Waals surface area contributed by atoms with Gasteiger partial charge < -0.3 is 14.7 Å². The molecule has 6 fully saturated rings. The molecule has 36 heavy (non-hydrogen) atoms. The van der Waals surface area contributed by atoms with Gasteiger partial charge in [-0.1, -0.05) is 19.0 Å². The predicted octanol–water partition coefficient (Wildman–Crippen LogP) is 3.22. The molecule has 1 amide bonds. The van der Waals surface area contributed by atoms with Crippen molar-refractivity contribution in [3.05, 3.63) is 17.5 Å². The Bertz CT molecular complexity index is 1130. The predicted molar refractivity (Wildman–Crippen MR) is 135 cm³/mol. The second-order valence-corrected chi connectivity index (χ2v) is 15.8. The summed E-state index contributed by atoms with van der Waals surface area (Å²) < 4.78 is 34.2. The minimum absolute atomic E-state index is 0.106. The highest BCUT2D eigenvalue weighted by Gasteiger charge is 2.74. The molecule has 4 aliphatic carbocycles. The number of hydrogen-bond acceptors (Lipinski definition) is 6. The van der Waals surface area contributed by atoms with Crippen molar-refractivity contribution >= 4 is 15.9 Å². The molecule has 1 N–H and O–H groups in total. The fraction of sp³-hybridized carbons (Fsp3) is 0.852. The van der Waals surface area contributed by atoms with E-state index in [2.05, 4.69) is 29.2 Å². The van der Waals surface area contributed by atoms with Crippen molar-refractivity contribution in [2.45, 2.75) is 81.9 Å². The number of nitrogens with zero attached hydrogens (tertiary/aromatic N) is 3. The molecular formula is C27H40N4O4S. The van der Waals surface area contributed by atoms with Crippen LogP contribution in [0.15, 0.2) is 10.6 Å². The van der Waals surface area contributed by atoms with Crippen molar-refractivity contribution in [3.8, 4) is 0 Å². The van der Waals surface area contributed by atoms with Crippen molar-refractivity contribution in [2.24, 2.45) is 29.1 Å². The average Bonchev–Trinajstić information content (AvgIpc) is 3.50. The third-order valence-electron chi connectivity index (χ3n) is 10.5. The highest BCUT2D eigenvalue weighted by Crippen LogP contribution is 2.70. The molecular weight excluding hydrogens is 476 g/mol. The van der Waals surface area contributed by atoms with Gasteiger partial charge in [0.25, 0.3) is 5.91 Å². The third-order valence-corrected chi connectivity index (χ3v) is 13.1. The number of nitrogens with one attached hydrogen (secondary N) is 1. The summed E-state index contributed by atoms with van der Waals surface area (Å²) in [6.45, 7) is 9.35. The molecule has 1 aromatic heterocycles. The van der Waals surface area contributed by atoms with E-state index < -0.39 is 14.8 Å².